The minimum absolute atomic E-state index is 0.0619. The van der Waals surface area contributed by atoms with Gasteiger partial charge in [0.1, 0.15) is 22.8 Å². The van der Waals surface area contributed by atoms with E-state index < -0.39 is 11.7 Å². The molecule has 0 fully saturated rings. The molecule has 2 aromatic carbocycles. The highest BCUT2D eigenvalue weighted by Crippen LogP contribution is 2.26. The van der Waals surface area contributed by atoms with E-state index in [2.05, 4.69) is 10.5 Å². The van der Waals surface area contributed by atoms with Crippen molar-refractivity contribution in [3.05, 3.63) is 70.7 Å². The zero-order valence-electron chi connectivity index (χ0n) is 12.1. The van der Waals surface area contributed by atoms with E-state index in [1.54, 1.807) is 6.92 Å². The third-order valence-corrected chi connectivity index (χ3v) is 3.60. The van der Waals surface area contributed by atoms with Gasteiger partial charge in [-0.25, -0.2) is 4.39 Å². The van der Waals surface area contributed by atoms with E-state index >= 15 is 0 Å². The Morgan fingerprint density at radius 3 is 2.65 bits per heavy atom. The third kappa shape index (κ3) is 3.10. The van der Waals surface area contributed by atoms with Gasteiger partial charge < -0.3 is 9.84 Å². The maximum absolute atomic E-state index is 13.2. The van der Waals surface area contributed by atoms with Crippen molar-refractivity contribution in [3.8, 4) is 11.3 Å². The van der Waals surface area contributed by atoms with Crippen molar-refractivity contribution in [1.82, 2.24) is 5.16 Å². The number of hydrogen-bond acceptors (Lipinski definition) is 3. The lowest BCUT2D eigenvalue weighted by molar-refractivity contribution is 0.102. The van der Waals surface area contributed by atoms with E-state index in [1.165, 1.54) is 18.2 Å². The molecule has 0 aliphatic rings. The number of anilines is 1. The number of rotatable bonds is 3. The van der Waals surface area contributed by atoms with Gasteiger partial charge in [0, 0.05) is 11.3 Å². The molecule has 1 N–H and O–H groups in total. The normalized spacial score (nSPS) is 10.6. The predicted molar refractivity (Wildman–Crippen MR) is 86.0 cm³/mol. The standard InChI is InChI=1S/C17H12ClFN2O2/c1-10-15(16(21-23-10)11-5-3-2-4-6-11)17(22)20-12-7-8-14(19)13(18)9-12/h2-9H,1H3,(H,20,22). The van der Waals surface area contributed by atoms with Gasteiger partial charge in [0.25, 0.3) is 5.91 Å². The summed E-state index contributed by atoms with van der Waals surface area (Å²) in [5.74, 6) is -0.546. The first-order chi connectivity index (χ1) is 11.1. The molecule has 0 radical (unpaired) electrons. The second-order valence-electron chi connectivity index (χ2n) is 4.91. The molecule has 1 aromatic heterocycles. The largest absolute Gasteiger partial charge is 0.360 e. The van der Waals surface area contributed by atoms with E-state index in [4.69, 9.17) is 16.1 Å². The fraction of sp³-hybridized carbons (Fsp3) is 0.0588. The molecule has 0 saturated heterocycles. The highest BCUT2D eigenvalue weighted by Gasteiger charge is 2.21. The summed E-state index contributed by atoms with van der Waals surface area (Å²) in [4.78, 5) is 12.5. The molecule has 23 heavy (non-hydrogen) atoms. The number of carbonyl (C=O) groups excluding carboxylic acids is 1. The van der Waals surface area contributed by atoms with Crippen molar-refractivity contribution in [2.24, 2.45) is 0 Å². The van der Waals surface area contributed by atoms with Gasteiger partial charge in [-0.3, -0.25) is 4.79 Å². The SMILES string of the molecule is Cc1onc(-c2ccccc2)c1C(=O)Nc1ccc(F)c(Cl)c1. The van der Waals surface area contributed by atoms with E-state index in [1.807, 2.05) is 30.3 Å². The van der Waals surface area contributed by atoms with Crippen LogP contribution in [0.3, 0.4) is 0 Å². The zero-order chi connectivity index (χ0) is 16.4. The summed E-state index contributed by atoms with van der Waals surface area (Å²) in [7, 11) is 0. The number of nitrogens with zero attached hydrogens (tertiary/aromatic N) is 1. The Labute approximate surface area is 136 Å². The van der Waals surface area contributed by atoms with Crippen LogP contribution in [-0.2, 0) is 0 Å². The minimum atomic E-state index is -0.546. The number of halogens is 2. The number of aromatic nitrogens is 1. The molecule has 0 aliphatic heterocycles. The van der Waals surface area contributed by atoms with E-state index in [-0.39, 0.29) is 5.02 Å². The van der Waals surface area contributed by atoms with Crippen molar-refractivity contribution in [2.45, 2.75) is 6.92 Å². The fourth-order valence-corrected chi connectivity index (χ4v) is 2.38. The third-order valence-electron chi connectivity index (χ3n) is 3.31. The van der Waals surface area contributed by atoms with Gasteiger partial charge in [0.2, 0.25) is 0 Å². The molecule has 1 amide bonds. The van der Waals surface area contributed by atoms with Gasteiger partial charge in [-0.15, -0.1) is 0 Å². The number of benzene rings is 2. The quantitative estimate of drug-likeness (QED) is 0.757. The number of aryl methyl sites for hydroxylation is 1. The summed E-state index contributed by atoms with van der Waals surface area (Å²) in [6.07, 6.45) is 0. The molecule has 0 unspecified atom stereocenters. The lowest BCUT2D eigenvalue weighted by Crippen LogP contribution is -2.13. The predicted octanol–water partition coefficient (Wildman–Crippen LogP) is 4.69. The molecule has 0 aliphatic carbocycles. The van der Waals surface area contributed by atoms with Crippen LogP contribution in [0.4, 0.5) is 10.1 Å². The Hall–Kier alpha value is -2.66. The summed E-state index contributed by atoms with van der Waals surface area (Å²) < 4.78 is 18.3. The van der Waals surface area contributed by atoms with E-state index in [9.17, 15) is 9.18 Å². The van der Waals surface area contributed by atoms with Crippen molar-refractivity contribution >= 4 is 23.2 Å². The lowest BCUT2D eigenvalue weighted by Gasteiger charge is -2.06. The summed E-state index contributed by atoms with van der Waals surface area (Å²) in [5.41, 5.74) is 1.94. The Kier molecular flexibility index (Phi) is 4.12. The number of amides is 1. The monoisotopic (exact) mass is 330 g/mol. The first-order valence-corrected chi connectivity index (χ1v) is 7.22. The summed E-state index contributed by atoms with van der Waals surface area (Å²) >= 11 is 5.72. The van der Waals surface area contributed by atoms with Crippen LogP contribution in [0, 0.1) is 12.7 Å². The van der Waals surface area contributed by atoms with Gasteiger partial charge in [0.15, 0.2) is 0 Å². The Morgan fingerprint density at radius 2 is 1.96 bits per heavy atom. The molecule has 0 spiro atoms. The van der Waals surface area contributed by atoms with Crippen LogP contribution in [0.1, 0.15) is 16.1 Å². The highest BCUT2D eigenvalue weighted by molar-refractivity contribution is 6.31. The first kappa shape index (κ1) is 15.2. The average Bonchev–Trinajstić information content (AvgIpc) is 2.93. The second kappa shape index (κ2) is 6.22. The molecule has 0 saturated carbocycles. The topological polar surface area (TPSA) is 55.1 Å². The molecule has 0 atom stereocenters. The van der Waals surface area contributed by atoms with Crippen LogP contribution in [-0.4, -0.2) is 11.1 Å². The van der Waals surface area contributed by atoms with Gasteiger partial charge in [-0.2, -0.15) is 0 Å². The maximum Gasteiger partial charge on any atom is 0.261 e. The van der Waals surface area contributed by atoms with Crippen LogP contribution in [0.15, 0.2) is 53.1 Å². The van der Waals surface area contributed by atoms with Gasteiger partial charge in [-0.1, -0.05) is 47.1 Å². The molecule has 4 nitrogen and oxygen atoms in total. The smallest absolute Gasteiger partial charge is 0.261 e. The lowest BCUT2D eigenvalue weighted by atomic mass is 10.1. The molecular weight excluding hydrogens is 319 g/mol. The number of hydrogen-bond donors (Lipinski definition) is 1. The fourth-order valence-electron chi connectivity index (χ4n) is 2.20. The summed E-state index contributed by atoms with van der Waals surface area (Å²) in [5, 5.41) is 6.57. The molecule has 3 aromatic rings. The summed E-state index contributed by atoms with van der Waals surface area (Å²) in [6, 6.07) is 13.2. The molecular formula is C17H12ClFN2O2. The van der Waals surface area contributed by atoms with Crippen LogP contribution in [0.25, 0.3) is 11.3 Å². The first-order valence-electron chi connectivity index (χ1n) is 6.84. The van der Waals surface area contributed by atoms with E-state index in [0.29, 0.717) is 22.7 Å². The van der Waals surface area contributed by atoms with Crippen LogP contribution in [0.5, 0.6) is 0 Å². The Balaban J connectivity index is 1.94. The maximum atomic E-state index is 13.2. The van der Waals surface area contributed by atoms with Crippen molar-refractivity contribution in [3.63, 3.8) is 0 Å². The minimum Gasteiger partial charge on any atom is -0.360 e. The van der Waals surface area contributed by atoms with Crippen LogP contribution in [0.2, 0.25) is 5.02 Å². The van der Waals surface area contributed by atoms with Crippen molar-refractivity contribution in [2.75, 3.05) is 5.32 Å². The number of carbonyl (C=O) groups is 1. The van der Waals surface area contributed by atoms with Gasteiger partial charge >= 0.3 is 0 Å². The van der Waals surface area contributed by atoms with Crippen molar-refractivity contribution < 1.29 is 13.7 Å². The van der Waals surface area contributed by atoms with Gasteiger partial charge in [0.05, 0.1) is 5.02 Å². The average molecular weight is 331 g/mol. The second-order valence-corrected chi connectivity index (χ2v) is 5.32. The molecule has 1 heterocycles. The zero-order valence-corrected chi connectivity index (χ0v) is 12.9. The Bertz CT molecular complexity index is 862. The molecule has 6 heteroatoms. The summed E-state index contributed by atoms with van der Waals surface area (Å²) in [6.45, 7) is 1.66. The molecule has 116 valence electrons. The van der Waals surface area contributed by atoms with Crippen molar-refractivity contribution in [1.29, 1.82) is 0 Å². The van der Waals surface area contributed by atoms with Crippen LogP contribution >= 0.6 is 11.6 Å². The number of nitrogens with one attached hydrogen (secondary N) is 1. The highest BCUT2D eigenvalue weighted by atomic mass is 35.5. The molecule has 0 bridgehead atoms. The molecule has 3 rings (SSSR count). The Morgan fingerprint density at radius 1 is 1.22 bits per heavy atom. The van der Waals surface area contributed by atoms with Gasteiger partial charge in [-0.05, 0) is 25.1 Å². The van der Waals surface area contributed by atoms with Crippen LogP contribution < -0.4 is 5.32 Å². The van der Waals surface area contributed by atoms with E-state index in [0.717, 1.165) is 5.56 Å².